The minimum atomic E-state index is 0.328. The molecule has 1 aromatic carbocycles. The zero-order chi connectivity index (χ0) is 10.9. The van der Waals surface area contributed by atoms with Crippen molar-refractivity contribution < 1.29 is 0 Å². The van der Waals surface area contributed by atoms with Gasteiger partial charge in [-0.3, -0.25) is 0 Å². The third-order valence-electron chi connectivity index (χ3n) is 2.12. The first kappa shape index (κ1) is 11.6. The summed E-state index contributed by atoms with van der Waals surface area (Å²) in [6, 6.07) is 0. The van der Waals surface area contributed by atoms with Crippen LogP contribution in [0.4, 0.5) is 11.4 Å². The molecule has 1 rings (SSSR count). The van der Waals surface area contributed by atoms with E-state index in [1.165, 1.54) is 0 Å². The van der Waals surface area contributed by atoms with Gasteiger partial charge in [-0.2, -0.15) is 0 Å². The van der Waals surface area contributed by atoms with E-state index in [9.17, 15) is 0 Å². The second kappa shape index (κ2) is 3.95. The fourth-order valence-electron chi connectivity index (χ4n) is 1.15. The minimum absolute atomic E-state index is 0.328. The SMILES string of the molecule is CC(C)(C)CCNc1c(N)c(=S)c1=S. The van der Waals surface area contributed by atoms with Crippen molar-refractivity contribution in [2.24, 2.45) is 5.41 Å². The molecule has 0 fully saturated rings. The van der Waals surface area contributed by atoms with Gasteiger partial charge >= 0.3 is 0 Å². The number of hydrogen-bond donors (Lipinski definition) is 2. The Morgan fingerprint density at radius 1 is 1.21 bits per heavy atom. The van der Waals surface area contributed by atoms with Gasteiger partial charge in [0, 0.05) is 6.54 Å². The molecule has 2 nitrogen and oxygen atoms in total. The third-order valence-corrected chi connectivity index (χ3v) is 3.09. The van der Waals surface area contributed by atoms with E-state index in [4.69, 9.17) is 30.2 Å². The molecule has 78 valence electrons. The largest absolute Gasteiger partial charge is 0.396 e. The molecule has 0 unspecified atom stereocenters. The predicted octanol–water partition coefficient (Wildman–Crippen LogP) is 3.45. The van der Waals surface area contributed by atoms with Crippen LogP contribution in [0.5, 0.6) is 0 Å². The zero-order valence-corrected chi connectivity index (χ0v) is 10.4. The Labute approximate surface area is 95.2 Å². The Kier molecular flexibility index (Phi) is 3.27. The Morgan fingerprint density at radius 2 is 1.79 bits per heavy atom. The molecule has 0 aliphatic rings. The molecule has 4 heteroatoms. The molecule has 0 saturated carbocycles. The van der Waals surface area contributed by atoms with Gasteiger partial charge < -0.3 is 11.1 Å². The fourth-order valence-corrected chi connectivity index (χ4v) is 1.64. The molecule has 1 aromatic rings. The summed E-state index contributed by atoms with van der Waals surface area (Å²) in [7, 11) is 0. The monoisotopic (exact) mass is 228 g/mol. The van der Waals surface area contributed by atoms with Gasteiger partial charge in [0.1, 0.15) is 0 Å². The maximum atomic E-state index is 5.69. The van der Waals surface area contributed by atoms with Crippen LogP contribution >= 0.6 is 24.4 Å². The van der Waals surface area contributed by atoms with Gasteiger partial charge in [-0.25, -0.2) is 0 Å². The van der Waals surface area contributed by atoms with Gasteiger partial charge in [-0.05, 0) is 11.8 Å². The van der Waals surface area contributed by atoms with Crippen molar-refractivity contribution >= 4 is 35.8 Å². The molecule has 0 bridgehead atoms. The average molecular weight is 228 g/mol. The molecule has 0 amide bonds. The van der Waals surface area contributed by atoms with Gasteiger partial charge in [0.15, 0.2) is 0 Å². The van der Waals surface area contributed by atoms with Crippen LogP contribution in [0.3, 0.4) is 0 Å². The maximum absolute atomic E-state index is 5.69. The van der Waals surface area contributed by atoms with E-state index < -0.39 is 0 Å². The minimum Gasteiger partial charge on any atom is -0.396 e. The lowest BCUT2D eigenvalue weighted by molar-refractivity contribution is 0.390. The molecule has 0 saturated heterocycles. The van der Waals surface area contributed by atoms with E-state index in [1.807, 2.05) is 0 Å². The summed E-state index contributed by atoms with van der Waals surface area (Å²) < 4.78 is 1.35. The van der Waals surface area contributed by atoms with Crippen molar-refractivity contribution in [3.05, 3.63) is 9.02 Å². The van der Waals surface area contributed by atoms with Crippen molar-refractivity contribution in [2.75, 3.05) is 17.6 Å². The van der Waals surface area contributed by atoms with E-state index >= 15 is 0 Å². The Morgan fingerprint density at radius 3 is 2.21 bits per heavy atom. The van der Waals surface area contributed by atoms with E-state index in [-0.39, 0.29) is 0 Å². The van der Waals surface area contributed by atoms with Crippen LogP contribution in [0.2, 0.25) is 0 Å². The molecule has 0 aliphatic carbocycles. The molecular weight excluding hydrogens is 212 g/mol. The smallest absolute Gasteiger partial charge is 0.0832 e. The summed E-state index contributed by atoms with van der Waals surface area (Å²) in [5.41, 5.74) is 7.54. The van der Waals surface area contributed by atoms with Crippen LogP contribution in [0.15, 0.2) is 0 Å². The number of nitrogens with two attached hydrogens (primary N) is 1. The summed E-state index contributed by atoms with van der Waals surface area (Å²) in [4.78, 5) is 0. The van der Waals surface area contributed by atoms with Crippen LogP contribution in [0, 0.1) is 14.4 Å². The van der Waals surface area contributed by atoms with E-state index in [2.05, 4.69) is 26.1 Å². The quantitative estimate of drug-likeness (QED) is 0.777. The van der Waals surface area contributed by atoms with Gasteiger partial charge in [0.25, 0.3) is 0 Å². The van der Waals surface area contributed by atoms with Gasteiger partial charge in [-0.1, -0.05) is 45.2 Å². The third kappa shape index (κ3) is 2.51. The molecule has 3 N–H and O–H groups in total. The van der Waals surface area contributed by atoms with Gasteiger partial charge in [0.2, 0.25) is 0 Å². The second-order valence-corrected chi connectivity index (χ2v) is 5.50. The summed E-state index contributed by atoms with van der Waals surface area (Å²) >= 11 is 10.0. The number of nitrogens with one attached hydrogen (secondary N) is 1. The van der Waals surface area contributed by atoms with Crippen LogP contribution in [-0.2, 0) is 0 Å². The molecule has 0 aromatic heterocycles. The average Bonchev–Trinajstić information content (AvgIpc) is 2.09. The first-order valence-corrected chi connectivity index (χ1v) is 5.47. The first-order chi connectivity index (χ1) is 6.33. The van der Waals surface area contributed by atoms with Crippen molar-refractivity contribution in [1.82, 2.24) is 0 Å². The first-order valence-electron chi connectivity index (χ1n) is 4.65. The lowest BCUT2D eigenvalue weighted by Crippen LogP contribution is -2.15. The van der Waals surface area contributed by atoms with Crippen LogP contribution in [0.1, 0.15) is 27.2 Å². The highest BCUT2D eigenvalue weighted by atomic mass is 32.1. The summed E-state index contributed by atoms with van der Waals surface area (Å²) in [6.45, 7) is 7.50. The van der Waals surface area contributed by atoms with Crippen LogP contribution in [-0.4, -0.2) is 6.54 Å². The predicted molar refractivity (Wildman–Crippen MR) is 67.5 cm³/mol. The van der Waals surface area contributed by atoms with E-state index in [0.717, 1.165) is 18.7 Å². The number of rotatable bonds is 3. The fraction of sp³-hybridized carbons (Fsp3) is 0.600. The Balaban J connectivity index is 2.49. The molecule has 0 radical (unpaired) electrons. The molecule has 0 atom stereocenters. The molecule has 0 aliphatic heterocycles. The van der Waals surface area contributed by atoms with Gasteiger partial charge in [0.05, 0.1) is 20.4 Å². The summed E-state index contributed by atoms with van der Waals surface area (Å²) in [5, 5.41) is 3.23. The molecule has 0 heterocycles. The highest BCUT2D eigenvalue weighted by Gasteiger charge is 2.13. The van der Waals surface area contributed by atoms with Crippen LogP contribution in [0.25, 0.3) is 0 Å². The lowest BCUT2D eigenvalue weighted by atomic mass is 9.92. The van der Waals surface area contributed by atoms with E-state index in [0.29, 0.717) is 20.1 Å². The van der Waals surface area contributed by atoms with E-state index in [1.54, 1.807) is 0 Å². The molecule has 14 heavy (non-hydrogen) atoms. The number of nitrogen functional groups attached to an aromatic ring is 1. The summed E-state index contributed by atoms with van der Waals surface area (Å²) in [5.74, 6) is 0. The number of hydrogen-bond acceptors (Lipinski definition) is 4. The standard InChI is InChI=1S/C10H16N2S2/c1-10(2,3)4-5-12-7-6(11)8(13)9(7)14/h12H,4-5,11H2,1-3H3. The zero-order valence-electron chi connectivity index (χ0n) is 8.81. The van der Waals surface area contributed by atoms with Crippen LogP contribution < -0.4 is 11.1 Å². The Hall–Kier alpha value is -0.480. The van der Waals surface area contributed by atoms with Crippen molar-refractivity contribution in [1.29, 1.82) is 0 Å². The number of anilines is 2. The normalized spacial score (nSPS) is 11.9. The highest BCUT2D eigenvalue weighted by molar-refractivity contribution is 7.74. The van der Waals surface area contributed by atoms with Crippen molar-refractivity contribution in [3.63, 3.8) is 0 Å². The summed E-state index contributed by atoms with van der Waals surface area (Å²) in [6.07, 6.45) is 1.08. The lowest BCUT2D eigenvalue weighted by Gasteiger charge is -2.20. The second-order valence-electron chi connectivity index (χ2n) is 4.68. The van der Waals surface area contributed by atoms with Crippen molar-refractivity contribution in [2.45, 2.75) is 27.2 Å². The maximum Gasteiger partial charge on any atom is 0.0832 e. The van der Waals surface area contributed by atoms with Gasteiger partial charge in [-0.15, -0.1) is 0 Å². The van der Waals surface area contributed by atoms with Crippen molar-refractivity contribution in [3.8, 4) is 0 Å². The molecular formula is C10H16N2S2. The Bertz CT molecular complexity index is 395. The molecule has 0 spiro atoms. The topological polar surface area (TPSA) is 38.0 Å². The highest BCUT2D eigenvalue weighted by Crippen LogP contribution is 2.29.